The molecule has 5 aliphatic heterocycles. The molecule has 0 aromatic rings. The van der Waals surface area contributed by atoms with Gasteiger partial charge in [-0.3, -0.25) is 9.59 Å². The maximum absolute atomic E-state index is 13.3. The predicted octanol–water partition coefficient (Wildman–Crippen LogP) is 0.137. The Morgan fingerprint density at radius 1 is 0.731 bits per heavy atom. The molecule has 7 unspecified atom stereocenters. The SMILES string of the molecule is CC(=O)N[C@H]1C(C)(COC[C@]2(C)OC(C)(CO)[C@](C)(O)C(C)(O)C2(C)O)[C@H](O)C(C)(CO)O[C@@]1(C)COC[C@]1(C)C(C)(C)O[C@](C)(OC(=O)CCCCC2SC[C@@H]3NC(=O)N[C@H]23)[C@@H](O)C1(C)O. The first-order chi connectivity index (χ1) is 30.4. The van der Waals surface area contributed by atoms with Gasteiger partial charge in [-0.05, 0) is 82.1 Å². The number of esters is 1. The van der Waals surface area contributed by atoms with Crippen molar-refractivity contribution < 1.29 is 83.7 Å². The van der Waals surface area contributed by atoms with Gasteiger partial charge in [-0.2, -0.15) is 11.8 Å². The van der Waals surface area contributed by atoms with Gasteiger partial charge in [0.25, 0.3) is 0 Å². The fraction of sp³-hybridized carbons (Fsp3) is 0.935. The zero-order chi connectivity index (χ0) is 51.0. The first-order valence-electron chi connectivity index (χ1n) is 23.3. The molecule has 0 aromatic carbocycles. The number of nitrogens with one attached hydrogen (secondary N) is 3. The van der Waals surface area contributed by atoms with Crippen LogP contribution in [0, 0.1) is 10.8 Å². The second-order valence-corrected chi connectivity index (χ2v) is 24.0. The average molecular weight is 980 g/mol. The van der Waals surface area contributed by atoms with E-state index in [0.29, 0.717) is 12.8 Å². The van der Waals surface area contributed by atoms with Gasteiger partial charge in [0.2, 0.25) is 11.7 Å². The standard InChI is InChI=1S/C46H81N3O17S/c1-26(52)47-31-36(4,22-61-25-41(9)45(13,59)46(14,60)44(12,58)40(8,21-51)66-41)32(54)37(5,20-50)65-38(31,6)23-62-24-39(7)35(2,3)64-43(11,33(55)42(39,10)57)63-29(53)18-16-15-17-28-30-27(19-67-28)48-34(56)49-30/h27-28,30-33,50-51,54-55,57-60H,15-25H2,1-14H3,(H,47,52)(H2,48,49,56)/t27-,28?,30-,31-,32-,33-,36?,37?,38-,39+,40?,41-,42?,43-,44-,45?,46?/m0/s1. The molecule has 5 rings (SSSR count). The van der Waals surface area contributed by atoms with Crippen LogP contribution in [0.1, 0.15) is 123 Å². The van der Waals surface area contributed by atoms with Gasteiger partial charge in [-0.25, -0.2) is 4.79 Å². The van der Waals surface area contributed by atoms with Crippen LogP contribution >= 0.6 is 11.8 Å². The third kappa shape index (κ3) is 9.05. The number of thioether (sulfide) groups is 1. The van der Waals surface area contributed by atoms with Crippen molar-refractivity contribution in [2.45, 2.75) is 214 Å². The normalized spacial score (nSPS) is 49.4. The van der Waals surface area contributed by atoms with Crippen molar-refractivity contribution in [2.75, 3.05) is 45.4 Å². The number of fused-ring (bicyclic) bond motifs is 1. The summed E-state index contributed by atoms with van der Waals surface area (Å²) in [5.41, 5.74) is -19.7. The number of aliphatic hydroxyl groups is 8. The van der Waals surface area contributed by atoms with Crippen molar-refractivity contribution in [3.8, 4) is 0 Å². The van der Waals surface area contributed by atoms with E-state index in [2.05, 4.69) is 16.0 Å². The van der Waals surface area contributed by atoms with Gasteiger partial charge >= 0.3 is 12.0 Å². The number of unbranched alkanes of at least 4 members (excludes halogenated alkanes) is 1. The molecule has 0 aliphatic carbocycles. The second kappa shape index (κ2) is 18.3. The summed E-state index contributed by atoms with van der Waals surface area (Å²) >= 11 is 1.78. The summed E-state index contributed by atoms with van der Waals surface area (Å²) in [6, 6.07) is -1.14. The Morgan fingerprint density at radius 3 is 1.91 bits per heavy atom. The smallest absolute Gasteiger partial charge is 0.315 e. The molecule has 21 heteroatoms. The Bertz CT molecular complexity index is 1850. The van der Waals surface area contributed by atoms with Crippen LogP contribution in [0.5, 0.6) is 0 Å². The van der Waals surface area contributed by atoms with E-state index >= 15 is 0 Å². The van der Waals surface area contributed by atoms with Crippen molar-refractivity contribution in [1.82, 2.24) is 16.0 Å². The largest absolute Gasteiger partial charge is 0.430 e. The lowest BCUT2D eigenvalue weighted by atomic mass is 9.58. The van der Waals surface area contributed by atoms with Crippen molar-refractivity contribution in [2.24, 2.45) is 10.8 Å². The van der Waals surface area contributed by atoms with Crippen LogP contribution in [0.15, 0.2) is 0 Å². The van der Waals surface area contributed by atoms with Crippen LogP contribution < -0.4 is 16.0 Å². The number of amides is 3. The number of aliphatic hydroxyl groups excluding tert-OH is 4. The van der Waals surface area contributed by atoms with Crippen molar-refractivity contribution in [3.63, 3.8) is 0 Å². The maximum Gasteiger partial charge on any atom is 0.315 e. The van der Waals surface area contributed by atoms with Gasteiger partial charge < -0.3 is 85.2 Å². The molecule has 0 spiro atoms. The lowest BCUT2D eigenvalue weighted by molar-refractivity contribution is -0.408. The zero-order valence-corrected chi connectivity index (χ0v) is 42.7. The van der Waals surface area contributed by atoms with Crippen molar-refractivity contribution in [3.05, 3.63) is 0 Å². The van der Waals surface area contributed by atoms with E-state index in [1.807, 2.05) is 0 Å². The van der Waals surface area contributed by atoms with E-state index in [-0.39, 0.29) is 49.6 Å². The molecule has 20 nitrogen and oxygen atoms in total. The van der Waals surface area contributed by atoms with Crippen LogP contribution in [-0.2, 0) is 38.0 Å². The third-order valence-electron chi connectivity index (χ3n) is 17.2. The summed E-state index contributed by atoms with van der Waals surface area (Å²) in [6.07, 6.45) is -1.25. The molecule has 67 heavy (non-hydrogen) atoms. The predicted molar refractivity (Wildman–Crippen MR) is 244 cm³/mol. The van der Waals surface area contributed by atoms with E-state index in [9.17, 15) is 55.2 Å². The highest BCUT2D eigenvalue weighted by Crippen LogP contribution is 2.56. The van der Waals surface area contributed by atoms with E-state index in [1.165, 1.54) is 62.3 Å². The molecule has 3 amide bonds. The number of ether oxygens (including phenoxy) is 6. The second-order valence-electron chi connectivity index (χ2n) is 22.7. The third-order valence-corrected chi connectivity index (χ3v) is 18.7. The molecule has 11 N–H and O–H groups in total. The first-order valence-corrected chi connectivity index (χ1v) is 24.3. The highest BCUT2D eigenvalue weighted by Gasteiger charge is 2.74. The van der Waals surface area contributed by atoms with Crippen LogP contribution in [0.2, 0.25) is 0 Å². The Hall–Kier alpha value is -1.96. The van der Waals surface area contributed by atoms with E-state index in [4.69, 9.17) is 28.4 Å². The molecule has 5 heterocycles. The first kappa shape index (κ1) is 56.0. The molecule has 0 aromatic heterocycles. The molecule has 5 fully saturated rings. The van der Waals surface area contributed by atoms with E-state index in [1.54, 1.807) is 46.4 Å². The minimum absolute atomic E-state index is 0.0343. The van der Waals surface area contributed by atoms with Gasteiger partial charge in [0.15, 0.2) is 0 Å². The molecule has 0 bridgehead atoms. The minimum atomic E-state index is -2.26. The van der Waals surface area contributed by atoms with Gasteiger partial charge in [-0.15, -0.1) is 0 Å². The lowest BCUT2D eigenvalue weighted by Crippen LogP contribution is -2.85. The molecule has 5 saturated heterocycles. The summed E-state index contributed by atoms with van der Waals surface area (Å²) in [5, 5.41) is 101. The highest BCUT2D eigenvalue weighted by atomic mass is 32.2. The Morgan fingerprint density at radius 2 is 1.33 bits per heavy atom. The van der Waals surface area contributed by atoms with E-state index < -0.39 is 117 Å². The molecule has 5 aliphatic rings. The average Bonchev–Trinajstić information content (AvgIpc) is 3.77. The van der Waals surface area contributed by atoms with Crippen molar-refractivity contribution >= 4 is 29.7 Å². The summed E-state index contributed by atoms with van der Waals surface area (Å²) in [5.74, 6) is -2.27. The number of hydrogen-bond donors (Lipinski definition) is 11. The number of hydrogen-bond acceptors (Lipinski definition) is 18. The van der Waals surface area contributed by atoms with Crippen LogP contribution in [0.3, 0.4) is 0 Å². The van der Waals surface area contributed by atoms with Gasteiger partial charge in [0.1, 0.15) is 50.9 Å². The fourth-order valence-electron chi connectivity index (χ4n) is 11.6. The minimum Gasteiger partial charge on any atom is -0.430 e. The zero-order valence-electron chi connectivity index (χ0n) is 41.9. The molecule has 0 radical (unpaired) electrons. The number of urea groups is 1. The topological polar surface area (TPSA) is 305 Å². The highest BCUT2D eigenvalue weighted by molar-refractivity contribution is 8.00. The van der Waals surface area contributed by atoms with Gasteiger partial charge in [0, 0.05) is 36.7 Å². The Kier molecular flexibility index (Phi) is 15.3. The molecule has 388 valence electrons. The molecule has 17 atom stereocenters. The molecule has 0 saturated carbocycles. The van der Waals surface area contributed by atoms with Crippen molar-refractivity contribution in [1.29, 1.82) is 0 Å². The lowest BCUT2D eigenvalue weighted by Gasteiger charge is -2.65. The Labute approximate surface area is 398 Å². The monoisotopic (exact) mass is 980 g/mol. The van der Waals surface area contributed by atoms with Crippen LogP contribution in [0.4, 0.5) is 4.79 Å². The quantitative estimate of drug-likeness (QED) is 0.0525. The van der Waals surface area contributed by atoms with E-state index in [0.717, 1.165) is 12.2 Å². The number of carbonyl (C=O) groups is 3. The summed E-state index contributed by atoms with van der Waals surface area (Å²) in [4.78, 5) is 38.0. The molecular weight excluding hydrogens is 899 g/mol. The maximum atomic E-state index is 13.3. The number of carbonyl (C=O) groups excluding carboxylic acids is 3. The van der Waals surface area contributed by atoms with Crippen LogP contribution in [-0.4, -0.2) is 196 Å². The summed E-state index contributed by atoms with van der Waals surface area (Å²) in [7, 11) is 0. The van der Waals surface area contributed by atoms with Gasteiger partial charge in [0.05, 0.1) is 74.9 Å². The number of rotatable bonds is 17. The summed E-state index contributed by atoms with van der Waals surface area (Å²) in [6.45, 7) is 17.5. The van der Waals surface area contributed by atoms with Gasteiger partial charge in [-0.1, -0.05) is 20.3 Å². The summed E-state index contributed by atoms with van der Waals surface area (Å²) < 4.78 is 37.7. The van der Waals surface area contributed by atoms with Crippen LogP contribution in [0.25, 0.3) is 0 Å². The molecular formula is C46H81N3O17S. The Balaban J connectivity index is 1.31. The fourth-order valence-corrected chi connectivity index (χ4v) is 13.2.